The van der Waals surface area contributed by atoms with Gasteiger partial charge < -0.3 is 45.1 Å². The molecule has 6 atom stereocenters. The van der Waals surface area contributed by atoms with Crippen LogP contribution < -0.4 is 10.6 Å². The normalized spacial score (nSPS) is 18.9. The van der Waals surface area contributed by atoms with Crippen LogP contribution in [0.4, 0.5) is 4.79 Å². The highest BCUT2D eigenvalue weighted by Crippen LogP contribution is 2.26. The Morgan fingerprint density at radius 1 is 0.683 bits per heavy atom. The van der Waals surface area contributed by atoms with Crippen LogP contribution in [0.3, 0.4) is 0 Å². The Balaban J connectivity index is 1.77. The maximum absolute atomic E-state index is 14.3. The average molecular weight is 881 g/mol. The summed E-state index contributed by atoms with van der Waals surface area (Å²) < 4.78 is 17.3. The number of aliphatic hydroxyl groups excluding tert-OH is 3. The van der Waals surface area contributed by atoms with Crippen LogP contribution in [0.2, 0.25) is 0 Å². The predicted octanol–water partition coefficient (Wildman–Crippen LogP) is 8.85. The van der Waals surface area contributed by atoms with Crippen molar-refractivity contribution in [1.82, 2.24) is 15.5 Å². The Hall–Kier alpha value is -4.04. The summed E-state index contributed by atoms with van der Waals surface area (Å²) in [7, 11) is 0. The first-order valence-electron chi connectivity index (χ1n) is 24.1. The summed E-state index contributed by atoms with van der Waals surface area (Å²) in [6, 6.07) is 15.9. The molecule has 1 fully saturated rings. The summed E-state index contributed by atoms with van der Waals surface area (Å²) in [5.74, 6) is -1.03. The maximum atomic E-state index is 14.3. The number of hydrogen-bond acceptors (Lipinski definition) is 10. The Morgan fingerprint density at radius 3 is 1.70 bits per heavy atom. The van der Waals surface area contributed by atoms with Crippen LogP contribution in [-0.4, -0.2) is 93.8 Å². The molecule has 354 valence electrons. The summed E-state index contributed by atoms with van der Waals surface area (Å²) in [5, 5.41) is 46.8. The molecule has 0 bridgehead atoms. The van der Waals surface area contributed by atoms with Crippen molar-refractivity contribution in [1.29, 1.82) is 5.41 Å². The minimum atomic E-state index is -1.63. The van der Waals surface area contributed by atoms with Crippen molar-refractivity contribution in [3.63, 3.8) is 0 Å². The van der Waals surface area contributed by atoms with Gasteiger partial charge in [0.05, 0.1) is 6.61 Å². The van der Waals surface area contributed by atoms with Gasteiger partial charge in [-0.2, -0.15) is 0 Å². The van der Waals surface area contributed by atoms with E-state index in [1.54, 1.807) is 17.0 Å². The lowest BCUT2D eigenvalue weighted by atomic mass is 9.94. The molecule has 0 unspecified atom stereocenters. The number of carbonyl (C=O) groups is 3. The summed E-state index contributed by atoms with van der Waals surface area (Å²) in [6.45, 7) is 4.22. The molecule has 1 aliphatic rings. The number of nitrogens with one attached hydrogen (secondary N) is 3. The molecular weight excluding hydrogens is 801 g/mol. The van der Waals surface area contributed by atoms with E-state index in [1.165, 1.54) is 70.6 Å². The molecule has 2 aromatic rings. The Kier molecular flexibility index (Phi) is 27.6. The van der Waals surface area contributed by atoms with Crippen molar-refractivity contribution < 1.29 is 43.9 Å². The van der Waals surface area contributed by atoms with E-state index in [9.17, 15) is 29.7 Å². The van der Waals surface area contributed by atoms with Crippen LogP contribution >= 0.6 is 0 Å². The van der Waals surface area contributed by atoms with Gasteiger partial charge in [0.2, 0.25) is 11.8 Å². The standard InChI is InChI=1S/C50H80N4O9/c1-3-5-7-9-11-13-15-17-19-27-35-54(44(56)32-26-18-16-14-12-10-8-6-4-2)49-45(47(58)46(57)42(36-55)63-49)53-48(59)41(52-50(60)62-38-40-30-24-21-25-31-40)33-34-43(51)61-37-39-28-22-20-23-29-39/h20-25,28-31,41-42,45-47,49,51,55,57-58H,3-19,26-27,32-38H2,1-2H3,(H,52,60)(H,53,59)/t41-,42+,45+,46+,47+,49+/m0/s1. The van der Waals surface area contributed by atoms with Crippen molar-refractivity contribution in [3.8, 4) is 0 Å². The van der Waals surface area contributed by atoms with Gasteiger partial charge in [-0.1, -0.05) is 184 Å². The van der Waals surface area contributed by atoms with Crippen LogP contribution in [-0.2, 0) is 37.0 Å². The maximum Gasteiger partial charge on any atom is 0.408 e. The molecule has 1 heterocycles. The van der Waals surface area contributed by atoms with E-state index in [4.69, 9.17) is 19.6 Å². The van der Waals surface area contributed by atoms with Crippen LogP contribution in [0.15, 0.2) is 60.7 Å². The minimum Gasteiger partial charge on any atom is -0.476 e. The zero-order chi connectivity index (χ0) is 45.5. The molecule has 0 radical (unpaired) electrons. The molecule has 1 saturated heterocycles. The topological polar surface area (TPSA) is 191 Å². The van der Waals surface area contributed by atoms with Crippen LogP contribution in [0, 0.1) is 5.41 Å². The van der Waals surface area contributed by atoms with Gasteiger partial charge in [-0.05, 0) is 30.4 Å². The monoisotopic (exact) mass is 881 g/mol. The van der Waals surface area contributed by atoms with Crippen molar-refractivity contribution in [2.24, 2.45) is 0 Å². The Labute approximate surface area is 377 Å². The molecular formula is C50H80N4O9. The molecule has 0 aromatic heterocycles. The molecule has 0 aliphatic carbocycles. The molecule has 63 heavy (non-hydrogen) atoms. The van der Waals surface area contributed by atoms with E-state index in [2.05, 4.69) is 24.5 Å². The smallest absolute Gasteiger partial charge is 0.408 e. The Bertz CT molecular complexity index is 1530. The number of alkyl carbamates (subject to hydrolysis) is 1. The second-order valence-corrected chi connectivity index (χ2v) is 17.1. The molecule has 3 amide bonds. The highest BCUT2D eigenvalue weighted by Gasteiger charge is 2.48. The number of hydrogen-bond donors (Lipinski definition) is 6. The van der Waals surface area contributed by atoms with E-state index in [1.807, 2.05) is 48.5 Å². The molecule has 2 aromatic carbocycles. The third-order valence-electron chi connectivity index (χ3n) is 11.8. The fourth-order valence-electron chi connectivity index (χ4n) is 7.95. The van der Waals surface area contributed by atoms with Gasteiger partial charge in [0.15, 0.2) is 12.1 Å². The second-order valence-electron chi connectivity index (χ2n) is 17.1. The number of rotatable bonds is 33. The average Bonchev–Trinajstić information content (AvgIpc) is 3.30. The molecule has 0 saturated carbocycles. The third kappa shape index (κ3) is 21.5. The molecule has 3 rings (SSSR count). The number of carbonyl (C=O) groups excluding carboxylic acids is 3. The number of unbranched alkanes of at least 4 members (excludes halogenated alkanes) is 17. The van der Waals surface area contributed by atoms with E-state index in [0.29, 0.717) is 19.4 Å². The first kappa shape index (κ1) is 53.3. The SMILES string of the molecule is CCCCCCCCCCCCN(C(=O)CCCCCCCCCCC)[C@@H]1O[C@H](CO)[C@@H](O)[C@H](O)[C@H]1NC(=O)[C@H](CCC(=N)OCc1ccccc1)NC(=O)OCc1ccccc1. The molecule has 1 aliphatic heterocycles. The Morgan fingerprint density at radius 2 is 1.17 bits per heavy atom. The molecule has 13 nitrogen and oxygen atoms in total. The number of nitrogens with zero attached hydrogens (tertiary/aromatic N) is 1. The lowest BCUT2D eigenvalue weighted by molar-refractivity contribution is -0.231. The van der Waals surface area contributed by atoms with E-state index in [0.717, 1.165) is 49.7 Å². The van der Waals surface area contributed by atoms with Crippen molar-refractivity contribution in [2.75, 3.05) is 13.2 Å². The first-order chi connectivity index (χ1) is 30.7. The summed E-state index contributed by atoms with van der Waals surface area (Å²) in [4.78, 5) is 43.1. The third-order valence-corrected chi connectivity index (χ3v) is 11.8. The molecule has 13 heteroatoms. The highest BCUT2D eigenvalue weighted by atomic mass is 16.6. The second kappa shape index (κ2) is 32.6. The summed E-state index contributed by atoms with van der Waals surface area (Å²) in [6.07, 6.45) is 14.6. The molecule has 0 spiro atoms. The van der Waals surface area contributed by atoms with Gasteiger partial charge in [0.1, 0.15) is 43.6 Å². The number of ether oxygens (including phenoxy) is 3. The quantitative estimate of drug-likeness (QED) is 0.0231. The number of aliphatic hydroxyl groups is 3. The van der Waals surface area contributed by atoms with Crippen LogP contribution in [0.25, 0.3) is 0 Å². The van der Waals surface area contributed by atoms with Crippen LogP contribution in [0.1, 0.15) is 166 Å². The van der Waals surface area contributed by atoms with Gasteiger partial charge in [-0.3, -0.25) is 15.0 Å². The van der Waals surface area contributed by atoms with E-state index < -0.39 is 55.2 Å². The van der Waals surface area contributed by atoms with Gasteiger partial charge in [-0.15, -0.1) is 0 Å². The van der Waals surface area contributed by atoms with Gasteiger partial charge in [0.25, 0.3) is 0 Å². The fourth-order valence-corrected chi connectivity index (χ4v) is 7.95. The summed E-state index contributed by atoms with van der Waals surface area (Å²) >= 11 is 0. The van der Waals surface area contributed by atoms with E-state index in [-0.39, 0.29) is 44.3 Å². The lowest BCUT2D eigenvalue weighted by Crippen LogP contribution is -2.70. The van der Waals surface area contributed by atoms with E-state index >= 15 is 0 Å². The first-order valence-corrected chi connectivity index (χ1v) is 24.1. The lowest BCUT2D eigenvalue weighted by Gasteiger charge is -2.47. The molecule has 6 N–H and O–H groups in total. The van der Waals surface area contributed by atoms with Crippen molar-refractivity contribution in [2.45, 2.75) is 205 Å². The predicted molar refractivity (Wildman–Crippen MR) is 247 cm³/mol. The van der Waals surface area contributed by atoms with Crippen molar-refractivity contribution in [3.05, 3.63) is 71.8 Å². The fraction of sp³-hybridized carbons (Fsp3) is 0.680. The van der Waals surface area contributed by atoms with Gasteiger partial charge in [-0.25, -0.2) is 4.79 Å². The number of benzene rings is 2. The van der Waals surface area contributed by atoms with Gasteiger partial charge in [0, 0.05) is 19.4 Å². The van der Waals surface area contributed by atoms with Crippen LogP contribution in [0.5, 0.6) is 0 Å². The zero-order valence-electron chi connectivity index (χ0n) is 38.4. The summed E-state index contributed by atoms with van der Waals surface area (Å²) in [5.41, 5.74) is 1.61. The largest absolute Gasteiger partial charge is 0.476 e. The minimum absolute atomic E-state index is 0.0195. The zero-order valence-corrected chi connectivity index (χ0v) is 38.4. The van der Waals surface area contributed by atoms with Gasteiger partial charge >= 0.3 is 6.09 Å². The number of amides is 3. The highest BCUT2D eigenvalue weighted by molar-refractivity contribution is 5.87. The van der Waals surface area contributed by atoms with Crippen molar-refractivity contribution >= 4 is 23.8 Å².